The maximum absolute atomic E-state index is 13.3. The number of rotatable bonds is 7. The van der Waals surface area contributed by atoms with Crippen molar-refractivity contribution in [2.45, 2.75) is 22.7 Å². The Morgan fingerprint density at radius 2 is 1.53 bits per heavy atom. The van der Waals surface area contributed by atoms with Crippen molar-refractivity contribution in [3.63, 3.8) is 0 Å². The molecule has 0 unspecified atom stereocenters. The van der Waals surface area contributed by atoms with Crippen LogP contribution in [0.2, 0.25) is 5.02 Å². The van der Waals surface area contributed by atoms with Crippen LogP contribution >= 0.6 is 27.5 Å². The van der Waals surface area contributed by atoms with Gasteiger partial charge in [0, 0.05) is 10.6 Å². The molecule has 3 aromatic rings. The fourth-order valence-electron chi connectivity index (χ4n) is 2.83. The molecule has 0 amide bonds. The molecule has 0 aliphatic carbocycles. The molecule has 3 aromatic carbocycles. The molecule has 3 rings (SSSR count). The van der Waals surface area contributed by atoms with Crippen molar-refractivity contribution in [2.75, 3.05) is 0 Å². The van der Waals surface area contributed by atoms with Crippen LogP contribution in [0.25, 0.3) is 0 Å². The maximum Gasteiger partial charge on any atom is 0.241 e. The molecule has 156 valence electrons. The second-order valence-electron chi connectivity index (χ2n) is 6.74. The number of carbonyl (C=O) groups is 1. The van der Waals surface area contributed by atoms with Crippen molar-refractivity contribution in [3.8, 4) is 0 Å². The number of benzene rings is 3. The van der Waals surface area contributed by atoms with Gasteiger partial charge in [-0.2, -0.15) is 4.72 Å². The summed E-state index contributed by atoms with van der Waals surface area (Å²) in [6.45, 7) is 1.85. The zero-order chi connectivity index (χ0) is 21.9. The third kappa shape index (κ3) is 5.35. The summed E-state index contributed by atoms with van der Waals surface area (Å²) in [4.78, 5) is 12.5. The molecule has 0 aliphatic heterocycles. The molecule has 0 saturated carbocycles. The topological polar surface area (TPSA) is 63.2 Å². The Labute approximate surface area is 188 Å². The Balaban J connectivity index is 1.99. The van der Waals surface area contributed by atoms with Crippen molar-refractivity contribution in [1.82, 2.24) is 4.72 Å². The summed E-state index contributed by atoms with van der Waals surface area (Å²) in [5.41, 5.74) is 1.75. The second-order valence-corrected chi connectivity index (χ2v) is 9.87. The highest BCUT2D eigenvalue weighted by Gasteiger charge is 2.33. The molecular weight excluding hydrogens is 493 g/mol. The Morgan fingerprint density at radius 1 is 0.967 bits per heavy atom. The maximum atomic E-state index is 13.3. The van der Waals surface area contributed by atoms with Gasteiger partial charge in [-0.3, -0.25) is 4.79 Å². The van der Waals surface area contributed by atoms with Gasteiger partial charge in [0.1, 0.15) is 11.9 Å². The predicted molar refractivity (Wildman–Crippen MR) is 119 cm³/mol. The number of nitrogens with one attached hydrogen (secondary N) is 1. The average molecular weight is 511 g/mol. The lowest BCUT2D eigenvalue weighted by Crippen LogP contribution is -2.43. The van der Waals surface area contributed by atoms with Gasteiger partial charge in [-0.25, -0.2) is 12.8 Å². The smallest absolute Gasteiger partial charge is 0.241 e. The summed E-state index contributed by atoms with van der Waals surface area (Å²) in [5.74, 6) is -0.882. The van der Waals surface area contributed by atoms with Crippen molar-refractivity contribution in [2.24, 2.45) is 0 Å². The van der Waals surface area contributed by atoms with Crippen LogP contribution in [-0.2, 0) is 10.0 Å². The van der Waals surface area contributed by atoms with Gasteiger partial charge < -0.3 is 0 Å². The number of halogens is 3. The number of sulfonamides is 1. The van der Waals surface area contributed by atoms with Crippen LogP contribution in [0, 0.1) is 12.7 Å². The molecule has 0 bridgehead atoms. The lowest BCUT2D eigenvalue weighted by Gasteiger charge is -2.23. The molecule has 4 nitrogen and oxygen atoms in total. The summed E-state index contributed by atoms with van der Waals surface area (Å²) < 4.78 is 41.8. The Hall–Kier alpha value is -2.06. The van der Waals surface area contributed by atoms with E-state index in [0.29, 0.717) is 16.1 Å². The highest BCUT2D eigenvalue weighted by atomic mass is 79.9. The van der Waals surface area contributed by atoms with Crippen molar-refractivity contribution in [3.05, 3.63) is 100 Å². The Morgan fingerprint density at radius 3 is 2.10 bits per heavy atom. The molecule has 0 aromatic heterocycles. The monoisotopic (exact) mass is 509 g/mol. The molecule has 0 aliphatic rings. The average Bonchev–Trinajstić information content (AvgIpc) is 2.72. The number of aryl methyl sites for hydroxylation is 1. The molecular formula is C22H18BrClFNO3S. The largest absolute Gasteiger partial charge is 0.292 e. The molecule has 30 heavy (non-hydrogen) atoms. The van der Waals surface area contributed by atoms with Gasteiger partial charge in [0.25, 0.3) is 0 Å². The van der Waals surface area contributed by atoms with E-state index in [1.54, 1.807) is 24.3 Å². The molecule has 8 heteroatoms. The van der Waals surface area contributed by atoms with Gasteiger partial charge in [0.15, 0.2) is 5.78 Å². The van der Waals surface area contributed by atoms with E-state index in [2.05, 4.69) is 20.7 Å². The van der Waals surface area contributed by atoms with Crippen LogP contribution in [0.4, 0.5) is 4.39 Å². The first-order valence-corrected chi connectivity index (χ1v) is 11.7. The van der Waals surface area contributed by atoms with Crippen LogP contribution < -0.4 is 4.72 Å². The van der Waals surface area contributed by atoms with Gasteiger partial charge in [-0.15, -0.1) is 0 Å². The third-order valence-electron chi connectivity index (χ3n) is 4.51. The van der Waals surface area contributed by atoms with E-state index in [-0.39, 0.29) is 4.90 Å². The summed E-state index contributed by atoms with van der Waals surface area (Å²) in [6, 6.07) is 16.8. The number of carbonyl (C=O) groups excluding carboxylic acids is 1. The van der Waals surface area contributed by atoms with E-state index < -0.39 is 32.5 Å². The van der Waals surface area contributed by atoms with Gasteiger partial charge in [0.05, 0.1) is 9.72 Å². The molecule has 0 saturated heterocycles. The first-order valence-electron chi connectivity index (χ1n) is 8.96. The SMILES string of the molecule is Cc1ccc(S(=O)(=O)N[C@H](C(=O)c2ccc(Cl)cc2)[C@@H](Br)c2ccc(F)cc2)cc1. The lowest BCUT2D eigenvalue weighted by atomic mass is 9.98. The first-order chi connectivity index (χ1) is 14.2. The zero-order valence-electron chi connectivity index (χ0n) is 15.8. The third-order valence-corrected chi connectivity index (χ3v) is 7.27. The Kier molecular flexibility index (Phi) is 7.08. The van der Waals surface area contributed by atoms with E-state index in [0.717, 1.165) is 5.56 Å². The quantitative estimate of drug-likeness (QED) is 0.339. The van der Waals surface area contributed by atoms with E-state index in [9.17, 15) is 17.6 Å². The number of alkyl halides is 1. The minimum atomic E-state index is -4.00. The summed E-state index contributed by atoms with van der Waals surface area (Å²) in [7, 11) is -4.00. The van der Waals surface area contributed by atoms with Crippen LogP contribution in [-0.4, -0.2) is 20.2 Å². The molecule has 2 atom stereocenters. The number of hydrogen-bond acceptors (Lipinski definition) is 3. The number of Topliss-reactive ketones (excluding diaryl/α,β-unsaturated/α-hetero) is 1. The van der Waals surface area contributed by atoms with Gasteiger partial charge in [-0.1, -0.05) is 57.4 Å². The second kappa shape index (κ2) is 9.39. The summed E-state index contributed by atoms with van der Waals surface area (Å²) >= 11 is 9.33. The van der Waals surface area contributed by atoms with Crippen LogP contribution in [0.5, 0.6) is 0 Å². The van der Waals surface area contributed by atoms with Gasteiger partial charge >= 0.3 is 0 Å². The van der Waals surface area contributed by atoms with Crippen molar-refractivity contribution in [1.29, 1.82) is 0 Å². The highest BCUT2D eigenvalue weighted by Crippen LogP contribution is 2.30. The normalized spacial score (nSPS) is 13.6. The van der Waals surface area contributed by atoms with Crippen LogP contribution in [0.3, 0.4) is 0 Å². The Bertz CT molecular complexity index is 1130. The van der Waals surface area contributed by atoms with E-state index >= 15 is 0 Å². The minimum absolute atomic E-state index is 0.0424. The molecule has 0 fully saturated rings. The molecule has 0 radical (unpaired) electrons. The highest BCUT2D eigenvalue weighted by molar-refractivity contribution is 9.09. The van der Waals surface area contributed by atoms with Crippen molar-refractivity contribution < 1.29 is 17.6 Å². The van der Waals surface area contributed by atoms with Gasteiger partial charge in [0.2, 0.25) is 10.0 Å². The molecule has 1 N–H and O–H groups in total. The fourth-order valence-corrected chi connectivity index (χ4v) is 5.02. The fraction of sp³-hybridized carbons (Fsp3) is 0.136. The van der Waals surface area contributed by atoms with E-state index in [4.69, 9.17) is 11.6 Å². The molecule has 0 heterocycles. The standard InChI is InChI=1S/C22H18BrClFNO3S/c1-14-2-12-19(13-3-14)30(28,29)26-21(20(23)15-6-10-18(25)11-7-15)22(27)16-4-8-17(24)9-5-16/h2-13,20-21,26H,1H3/t20-,21-/m0/s1. The van der Waals surface area contributed by atoms with Crippen LogP contribution in [0.15, 0.2) is 77.7 Å². The summed E-state index contributed by atoms with van der Waals surface area (Å²) in [5, 5.41) is 0.456. The molecule has 0 spiro atoms. The van der Waals surface area contributed by atoms with Crippen LogP contribution in [0.1, 0.15) is 26.3 Å². The number of hydrogen-bond donors (Lipinski definition) is 1. The predicted octanol–water partition coefficient (Wildman–Crippen LogP) is 5.45. The van der Waals surface area contributed by atoms with E-state index in [1.807, 2.05) is 6.92 Å². The first kappa shape index (κ1) is 22.6. The lowest BCUT2D eigenvalue weighted by molar-refractivity contribution is 0.0952. The minimum Gasteiger partial charge on any atom is -0.292 e. The van der Waals surface area contributed by atoms with Gasteiger partial charge in [-0.05, 0) is 61.0 Å². The zero-order valence-corrected chi connectivity index (χ0v) is 19.0. The van der Waals surface area contributed by atoms with Crippen molar-refractivity contribution >= 4 is 43.3 Å². The van der Waals surface area contributed by atoms with E-state index in [1.165, 1.54) is 48.5 Å². The summed E-state index contributed by atoms with van der Waals surface area (Å²) in [6.07, 6.45) is 0. The number of ketones is 1.